The highest BCUT2D eigenvalue weighted by Crippen LogP contribution is 2.36. The molecule has 0 saturated carbocycles. The molecule has 0 unspecified atom stereocenters. The molecule has 0 atom stereocenters. The first-order chi connectivity index (χ1) is 14.6. The van der Waals surface area contributed by atoms with Crippen LogP contribution in [0.1, 0.15) is 12.1 Å². The minimum Gasteiger partial charge on any atom is -0.482 e. The molecular formula is C22H24FN5O2. The Morgan fingerprint density at radius 1 is 1.20 bits per heavy atom. The highest BCUT2D eigenvalue weighted by Gasteiger charge is 2.24. The van der Waals surface area contributed by atoms with E-state index in [2.05, 4.69) is 10.2 Å². The van der Waals surface area contributed by atoms with Crippen LogP contribution in [-0.2, 0) is 11.3 Å². The van der Waals surface area contributed by atoms with E-state index in [4.69, 9.17) is 9.72 Å². The first-order valence-corrected chi connectivity index (χ1v) is 10.2. The lowest BCUT2D eigenvalue weighted by atomic mass is 10.1. The number of halogens is 1. The number of anilines is 1. The Labute approximate surface area is 174 Å². The van der Waals surface area contributed by atoms with Crippen molar-refractivity contribution in [3.63, 3.8) is 0 Å². The first kappa shape index (κ1) is 19.0. The van der Waals surface area contributed by atoms with Crippen LogP contribution in [0.25, 0.3) is 16.9 Å². The Morgan fingerprint density at radius 3 is 3.00 bits per heavy atom. The Kier molecular flexibility index (Phi) is 4.88. The van der Waals surface area contributed by atoms with Crippen molar-refractivity contribution in [1.29, 1.82) is 0 Å². The molecule has 2 aromatic heterocycles. The van der Waals surface area contributed by atoms with E-state index in [1.54, 1.807) is 18.0 Å². The largest absolute Gasteiger partial charge is 0.482 e. The molecule has 156 valence electrons. The standard InChI is InChI=1S/C22H24FN5O2/c1-26-17-11-15(3-5-19(17)30-14-21(26)29)22-18(13-27-9-2-7-24-8-10-27)28-12-16(23)4-6-20(28)25-22/h3-6,11-12,24H,2,7-10,13-14H2,1H3. The number of hydrogen-bond acceptors (Lipinski definition) is 5. The maximum Gasteiger partial charge on any atom is 0.264 e. The maximum absolute atomic E-state index is 14.1. The number of amides is 1. The van der Waals surface area contributed by atoms with Crippen molar-refractivity contribution in [2.75, 3.05) is 44.7 Å². The molecule has 1 fully saturated rings. The second kappa shape index (κ2) is 7.70. The summed E-state index contributed by atoms with van der Waals surface area (Å²) in [5.41, 5.74) is 4.04. The summed E-state index contributed by atoms with van der Waals surface area (Å²) in [5, 5.41) is 3.42. The van der Waals surface area contributed by atoms with E-state index in [9.17, 15) is 9.18 Å². The molecule has 0 radical (unpaired) electrons. The predicted octanol–water partition coefficient (Wildman–Crippen LogP) is 2.29. The Hall–Kier alpha value is -2.97. The summed E-state index contributed by atoms with van der Waals surface area (Å²) in [6.07, 6.45) is 2.57. The predicted molar refractivity (Wildman–Crippen MR) is 112 cm³/mol. The van der Waals surface area contributed by atoms with Gasteiger partial charge in [0.1, 0.15) is 17.2 Å². The third-order valence-corrected chi connectivity index (χ3v) is 5.81. The fraction of sp³-hybridized carbons (Fsp3) is 0.364. The summed E-state index contributed by atoms with van der Waals surface area (Å²) >= 11 is 0. The number of carbonyl (C=O) groups excluding carboxylic acids is 1. The zero-order valence-corrected chi connectivity index (χ0v) is 16.9. The molecule has 1 aromatic carbocycles. The van der Waals surface area contributed by atoms with Gasteiger partial charge in [-0.05, 0) is 49.8 Å². The van der Waals surface area contributed by atoms with Gasteiger partial charge in [0.05, 0.1) is 17.1 Å². The molecule has 2 aliphatic rings. The highest BCUT2D eigenvalue weighted by molar-refractivity contribution is 5.98. The van der Waals surface area contributed by atoms with Gasteiger partial charge in [0.25, 0.3) is 5.91 Å². The van der Waals surface area contributed by atoms with Gasteiger partial charge >= 0.3 is 0 Å². The van der Waals surface area contributed by atoms with Crippen LogP contribution in [0.2, 0.25) is 0 Å². The second-order valence-corrected chi connectivity index (χ2v) is 7.79. The summed E-state index contributed by atoms with van der Waals surface area (Å²) < 4.78 is 21.5. The Morgan fingerprint density at radius 2 is 2.10 bits per heavy atom. The van der Waals surface area contributed by atoms with Gasteiger partial charge in [-0.2, -0.15) is 0 Å². The zero-order valence-electron chi connectivity index (χ0n) is 16.9. The number of aromatic nitrogens is 2. The lowest BCUT2D eigenvalue weighted by Gasteiger charge is -2.26. The van der Waals surface area contributed by atoms with Gasteiger partial charge in [0.15, 0.2) is 6.61 Å². The molecule has 5 rings (SSSR count). The Balaban J connectivity index is 1.61. The average Bonchev–Trinajstić information content (AvgIpc) is 2.91. The number of nitrogens with one attached hydrogen (secondary N) is 1. The SMILES string of the molecule is CN1C(=O)COc2ccc(-c3nc4ccc(F)cn4c3CN3CCCNCC3)cc21. The van der Waals surface area contributed by atoms with E-state index < -0.39 is 0 Å². The van der Waals surface area contributed by atoms with Crippen molar-refractivity contribution in [3.8, 4) is 17.0 Å². The summed E-state index contributed by atoms with van der Waals surface area (Å²) in [6, 6.07) is 8.88. The number of imidazole rings is 1. The number of likely N-dealkylation sites (N-methyl/N-ethyl adjacent to an activating group) is 1. The van der Waals surface area contributed by atoms with E-state index >= 15 is 0 Å². The third-order valence-electron chi connectivity index (χ3n) is 5.81. The lowest BCUT2D eigenvalue weighted by molar-refractivity contribution is -0.120. The fourth-order valence-corrected chi connectivity index (χ4v) is 4.14. The van der Waals surface area contributed by atoms with Gasteiger partial charge in [-0.15, -0.1) is 0 Å². The smallest absolute Gasteiger partial charge is 0.264 e. The van der Waals surface area contributed by atoms with Crippen molar-refractivity contribution in [2.45, 2.75) is 13.0 Å². The quantitative estimate of drug-likeness (QED) is 0.719. The summed E-state index contributed by atoms with van der Waals surface area (Å²) in [6.45, 7) is 4.57. The van der Waals surface area contributed by atoms with Crippen LogP contribution in [0, 0.1) is 5.82 Å². The number of ether oxygens (including phenoxy) is 1. The summed E-state index contributed by atoms with van der Waals surface area (Å²) in [4.78, 5) is 20.9. The van der Waals surface area contributed by atoms with Crippen molar-refractivity contribution < 1.29 is 13.9 Å². The van der Waals surface area contributed by atoms with Crippen LogP contribution in [0.4, 0.5) is 10.1 Å². The summed E-state index contributed by atoms with van der Waals surface area (Å²) in [5.74, 6) is 0.291. The first-order valence-electron chi connectivity index (χ1n) is 10.2. The molecule has 4 heterocycles. The molecule has 0 spiro atoms. The lowest BCUT2D eigenvalue weighted by Crippen LogP contribution is -2.35. The van der Waals surface area contributed by atoms with Crippen LogP contribution in [0.3, 0.4) is 0 Å². The number of nitrogens with zero attached hydrogens (tertiary/aromatic N) is 4. The van der Waals surface area contributed by atoms with Gasteiger partial charge in [0, 0.05) is 38.4 Å². The molecule has 1 saturated heterocycles. The van der Waals surface area contributed by atoms with E-state index in [1.165, 1.54) is 12.3 Å². The molecular weight excluding hydrogens is 385 g/mol. The molecule has 3 aromatic rings. The topological polar surface area (TPSA) is 62.1 Å². The average molecular weight is 409 g/mol. The minimum absolute atomic E-state index is 0.0464. The minimum atomic E-state index is -0.297. The van der Waals surface area contributed by atoms with Crippen LogP contribution in [-0.4, -0.2) is 60.0 Å². The van der Waals surface area contributed by atoms with E-state index in [0.717, 1.165) is 55.2 Å². The molecule has 7 nitrogen and oxygen atoms in total. The molecule has 1 amide bonds. The second-order valence-electron chi connectivity index (χ2n) is 7.79. The number of hydrogen-bond donors (Lipinski definition) is 1. The Bertz CT molecular complexity index is 1100. The molecule has 2 aliphatic heterocycles. The van der Waals surface area contributed by atoms with Gasteiger partial charge < -0.3 is 15.0 Å². The molecule has 8 heteroatoms. The molecule has 1 N–H and O–H groups in total. The fourth-order valence-electron chi connectivity index (χ4n) is 4.14. The van der Waals surface area contributed by atoms with E-state index in [-0.39, 0.29) is 18.3 Å². The molecule has 0 bridgehead atoms. The van der Waals surface area contributed by atoms with Gasteiger partial charge in [-0.3, -0.25) is 14.1 Å². The van der Waals surface area contributed by atoms with Crippen molar-refractivity contribution in [2.24, 2.45) is 0 Å². The summed E-state index contributed by atoms with van der Waals surface area (Å²) in [7, 11) is 1.75. The maximum atomic E-state index is 14.1. The number of rotatable bonds is 3. The zero-order chi connectivity index (χ0) is 20.7. The van der Waals surface area contributed by atoms with Crippen molar-refractivity contribution in [3.05, 3.63) is 48.0 Å². The van der Waals surface area contributed by atoms with Crippen LogP contribution < -0.4 is 15.0 Å². The van der Waals surface area contributed by atoms with Crippen LogP contribution >= 0.6 is 0 Å². The normalized spacial score (nSPS) is 17.7. The number of carbonyl (C=O) groups is 1. The third kappa shape index (κ3) is 3.42. The monoisotopic (exact) mass is 409 g/mol. The number of fused-ring (bicyclic) bond motifs is 2. The highest BCUT2D eigenvalue weighted by atomic mass is 19.1. The molecule has 30 heavy (non-hydrogen) atoms. The van der Waals surface area contributed by atoms with Crippen molar-refractivity contribution in [1.82, 2.24) is 19.6 Å². The van der Waals surface area contributed by atoms with Crippen LogP contribution in [0.15, 0.2) is 36.5 Å². The van der Waals surface area contributed by atoms with Crippen molar-refractivity contribution >= 4 is 17.2 Å². The van der Waals surface area contributed by atoms with Gasteiger partial charge in [-0.25, -0.2) is 9.37 Å². The van der Waals surface area contributed by atoms with Crippen LogP contribution in [0.5, 0.6) is 5.75 Å². The van der Waals surface area contributed by atoms with E-state index in [0.29, 0.717) is 17.9 Å². The number of benzene rings is 1. The van der Waals surface area contributed by atoms with Gasteiger partial charge in [0.2, 0.25) is 0 Å². The van der Waals surface area contributed by atoms with Gasteiger partial charge in [-0.1, -0.05) is 0 Å². The molecule has 0 aliphatic carbocycles. The van der Waals surface area contributed by atoms with E-state index in [1.807, 2.05) is 22.6 Å². The number of pyridine rings is 1.